The Hall–Kier alpha value is -1.46. The molecule has 2 aromatic heterocycles. The molecule has 1 saturated carbocycles. The molecule has 1 aliphatic carbocycles. The summed E-state index contributed by atoms with van der Waals surface area (Å²) in [5, 5.41) is 5.62. The number of anilines is 1. The summed E-state index contributed by atoms with van der Waals surface area (Å²) in [6, 6.07) is 5.02. The second kappa shape index (κ2) is 5.89. The van der Waals surface area contributed by atoms with Crippen LogP contribution in [0.2, 0.25) is 0 Å². The molecule has 20 heavy (non-hydrogen) atoms. The summed E-state index contributed by atoms with van der Waals surface area (Å²) in [6.45, 7) is 3.82. The molecule has 2 heterocycles. The van der Waals surface area contributed by atoms with E-state index in [0.717, 1.165) is 36.3 Å². The van der Waals surface area contributed by atoms with Gasteiger partial charge in [-0.1, -0.05) is 6.07 Å². The Morgan fingerprint density at radius 2 is 2.25 bits per heavy atom. The summed E-state index contributed by atoms with van der Waals surface area (Å²) in [5.41, 5.74) is 5.37. The third-order valence-electron chi connectivity index (χ3n) is 3.61. The second-order valence-electron chi connectivity index (χ2n) is 5.41. The molecule has 3 rings (SSSR count). The Bertz CT molecular complexity index is 563. The maximum Gasteiger partial charge on any atom is 0.128 e. The lowest BCUT2D eigenvalue weighted by atomic mass is 10.2. The van der Waals surface area contributed by atoms with Gasteiger partial charge in [-0.2, -0.15) is 0 Å². The highest BCUT2D eigenvalue weighted by Crippen LogP contribution is 2.21. The van der Waals surface area contributed by atoms with Gasteiger partial charge in [0.1, 0.15) is 5.82 Å². The molecule has 5 heteroatoms. The first-order chi connectivity index (χ1) is 9.72. The van der Waals surface area contributed by atoms with Gasteiger partial charge < -0.3 is 10.2 Å². The predicted molar refractivity (Wildman–Crippen MR) is 83.1 cm³/mol. The van der Waals surface area contributed by atoms with Crippen LogP contribution in [0.4, 0.5) is 5.82 Å². The molecule has 0 amide bonds. The number of hydrogen-bond acceptors (Lipinski definition) is 5. The molecule has 1 N–H and O–H groups in total. The van der Waals surface area contributed by atoms with Crippen molar-refractivity contribution in [2.24, 2.45) is 0 Å². The van der Waals surface area contributed by atoms with Gasteiger partial charge in [0.2, 0.25) is 0 Å². The highest BCUT2D eigenvalue weighted by Gasteiger charge is 2.20. The highest BCUT2D eigenvalue weighted by atomic mass is 32.1. The van der Waals surface area contributed by atoms with Crippen LogP contribution in [0, 0.1) is 6.92 Å². The number of thiazole rings is 1. The molecule has 1 fully saturated rings. The van der Waals surface area contributed by atoms with E-state index in [2.05, 4.69) is 46.7 Å². The fourth-order valence-corrected chi connectivity index (χ4v) is 2.71. The van der Waals surface area contributed by atoms with E-state index in [1.54, 1.807) is 11.3 Å². The van der Waals surface area contributed by atoms with Gasteiger partial charge in [0.25, 0.3) is 0 Å². The fraction of sp³-hybridized carbons (Fsp3) is 0.467. The second-order valence-corrected chi connectivity index (χ2v) is 6.12. The fourth-order valence-electron chi connectivity index (χ4n) is 2.16. The summed E-state index contributed by atoms with van der Waals surface area (Å²) >= 11 is 1.63. The number of pyridine rings is 1. The average Bonchev–Trinajstić information content (AvgIpc) is 3.13. The van der Waals surface area contributed by atoms with Crippen LogP contribution in [0.5, 0.6) is 0 Å². The number of aromatic nitrogens is 2. The van der Waals surface area contributed by atoms with Crippen LogP contribution < -0.4 is 10.2 Å². The molecule has 0 unspecified atom stereocenters. The van der Waals surface area contributed by atoms with E-state index in [9.17, 15) is 0 Å². The Labute approximate surface area is 123 Å². The molecule has 4 nitrogen and oxygen atoms in total. The van der Waals surface area contributed by atoms with Gasteiger partial charge in [0.05, 0.1) is 17.7 Å². The van der Waals surface area contributed by atoms with Crippen LogP contribution in [0.3, 0.4) is 0 Å². The normalized spacial score (nSPS) is 14.5. The van der Waals surface area contributed by atoms with Crippen LogP contribution in [-0.2, 0) is 13.1 Å². The molecule has 106 valence electrons. The van der Waals surface area contributed by atoms with Crippen molar-refractivity contribution in [3.05, 3.63) is 40.0 Å². The molecular weight excluding hydrogens is 268 g/mol. The summed E-state index contributed by atoms with van der Waals surface area (Å²) in [5.74, 6) is 1.01. The van der Waals surface area contributed by atoms with Crippen LogP contribution in [0.25, 0.3) is 0 Å². The maximum absolute atomic E-state index is 4.71. The third kappa shape index (κ3) is 3.35. The summed E-state index contributed by atoms with van der Waals surface area (Å²) < 4.78 is 0. The van der Waals surface area contributed by atoms with E-state index >= 15 is 0 Å². The molecule has 1 aliphatic rings. The zero-order chi connectivity index (χ0) is 13.9. The standard InChI is InChI=1S/C15H20N4S/c1-11-12(7-16-13-4-5-13)3-6-15(18-11)19(2)8-14-9-20-10-17-14/h3,6,9-10,13,16H,4-5,7-8H2,1-2H3. The molecule has 0 radical (unpaired) electrons. The minimum absolute atomic E-state index is 0.737. The van der Waals surface area contributed by atoms with Gasteiger partial charge in [-0.15, -0.1) is 11.3 Å². The first kappa shape index (κ1) is 13.5. The SMILES string of the molecule is Cc1nc(N(C)Cc2cscn2)ccc1CNC1CC1. The van der Waals surface area contributed by atoms with E-state index in [0.29, 0.717) is 0 Å². The van der Waals surface area contributed by atoms with Crippen molar-refractivity contribution < 1.29 is 0 Å². The lowest BCUT2D eigenvalue weighted by Crippen LogP contribution is -2.20. The average molecular weight is 288 g/mol. The Balaban J connectivity index is 1.65. The van der Waals surface area contributed by atoms with Crippen molar-refractivity contribution in [1.82, 2.24) is 15.3 Å². The smallest absolute Gasteiger partial charge is 0.128 e. The Morgan fingerprint density at radius 1 is 1.40 bits per heavy atom. The quantitative estimate of drug-likeness (QED) is 0.887. The largest absolute Gasteiger partial charge is 0.354 e. The number of rotatable bonds is 6. The van der Waals surface area contributed by atoms with Gasteiger partial charge in [0, 0.05) is 30.7 Å². The van der Waals surface area contributed by atoms with Crippen molar-refractivity contribution in [3.63, 3.8) is 0 Å². The lowest BCUT2D eigenvalue weighted by molar-refractivity contribution is 0.682. The number of nitrogens with one attached hydrogen (secondary N) is 1. The molecular formula is C15H20N4S. The van der Waals surface area contributed by atoms with E-state index in [-0.39, 0.29) is 0 Å². The number of aryl methyl sites for hydroxylation is 1. The van der Waals surface area contributed by atoms with Crippen molar-refractivity contribution in [2.45, 2.75) is 38.9 Å². The van der Waals surface area contributed by atoms with Crippen LogP contribution in [-0.4, -0.2) is 23.1 Å². The Kier molecular flexibility index (Phi) is 3.98. The van der Waals surface area contributed by atoms with Gasteiger partial charge >= 0.3 is 0 Å². The van der Waals surface area contributed by atoms with Crippen LogP contribution in [0.1, 0.15) is 29.8 Å². The number of hydrogen-bond donors (Lipinski definition) is 1. The molecule has 0 aromatic carbocycles. The minimum Gasteiger partial charge on any atom is -0.354 e. The van der Waals surface area contributed by atoms with E-state index in [4.69, 9.17) is 4.98 Å². The van der Waals surface area contributed by atoms with Crippen molar-refractivity contribution in [2.75, 3.05) is 11.9 Å². The molecule has 0 bridgehead atoms. The lowest BCUT2D eigenvalue weighted by Gasteiger charge is -2.18. The topological polar surface area (TPSA) is 41.1 Å². The first-order valence-corrected chi connectivity index (χ1v) is 7.95. The van der Waals surface area contributed by atoms with Gasteiger partial charge in [-0.05, 0) is 31.4 Å². The molecule has 0 atom stereocenters. The van der Waals surface area contributed by atoms with Gasteiger partial charge in [-0.25, -0.2) is 9.97 Å². The molecule has 0 aliphatic heterocycles. The highest BCUT2D eigenvalue weighted by molar-refractivity contribution is 7.07. The van der Waals surface area contributed by atoms with E-state index in [1.807, 2.05) is 5.51 Å². The minimum atomic E-state index is 0.737. The Morgan fingerprint density at radius 3 is 2.90 bits per heavy atom. The van der Waals surface area contributed by atoms with E-state index < -0.39 is 0 Å². The monoisotopic (exact) mass is 288 g/mol. The number of nitrogens with zero attached hydrogens (tertiary/aromatic N) is 3. The summed E-state index contributed by atoms with van der Waals surface area (Å²) in [7, 11) is 2.06. The van der Waals surface area contributed by atoms with E-state index in [1.165, 1.54) is 18.4 Å². The summed E-state index contributed by atoms with van der Waals surface area (Å²) in [6.07, 6.45) is 2.64. The van der Waals surface area contributed by atoms with Gasteiger partial charge in [0.15, 0.2) is 0 Å². The van der Waals surface area contributed by atoms with Gasteiger partial charge in [-0.3, -0.25) is 0 Å². The van der Waals surface area contributed by atoms with Crippen molar-refractivity contribution in [3.8, 4) is 0 Å². The zero-order valence-corrected chi connectivity index (χ0v) is 12.8. The molecule has 0 saturated heterocycles. The maximum atomic E-state index is 4.71. The summed E-state index contributed by atoms with van der Waals surface area (Å²) in [4.78, 5) is 11.2. The third-order valence-corrected chi connectivity index (χ3v) is 4.25. The zero-order valence-electron chi connectivity index (χ0n) is 12.0. The van der Waals surface area contributed by atoms with Crippen LogP contribution >= 0.6 is 11.3 Å². The van der Waals surface area contributed by atoms with Crippen molar-refractivity contribution >= 4 is 17.2 Å². The predicted octanol–water partition coefficient (Wildman–Crippen LogP) is 2.73. The van der Waals surface area contributed by atoms with Crippen LogP contribution in [0.15, 0.2) is 23.0 Å². The first-order valence-electron chi connectivity index (χ1n) is 7.00. The molecule has 0 spiro atoms. The van der Waals surface area contributed by atoms with Crippen molar-refractivity contribution in [1.29, 1.82) is 0 Å². The molecule has 2 aromatic rings.